The molecule has 8 heteroatoms. The van der Waals surface area contributed by atoms with E-state index in [-0.39, 0.29) is 11.5 Å². The number of carbonyl (C=O) groups excluding carboxylic acids is 2. The van der Waals surface area contributed by atoms with E-state index in [0.717, 1.165) is 10.2 Å². The van der Waals surface area contributed by atoms with Gasteiger partial charge in [-0.05, 0) is 35.9 Å². The van der Waals surface area contributed by atoms with Gasteiger partial charge in [0.2, 0.25) is 5.78 Å². The first-order valence-electron chi connectivity index (χ1n) is 7.39. The molecule has 0 saturated heterocycles. The summed E-state index contributed by atoms with van der Waals surface area (Å²) in [5, 5.41) is 2.09. The lowest BCUT2D eigenvalue weighted by atomic mass is 10.1. The summed E-state index contributed by atoms with van der Waals surface area (Å²) in [6.45, 7) is 0. The largest absolute Gasteiger partial charge is 0.471 e. The standard InChI is InChI=1S/C18H11F3N2O2S/c19-18(20,21)17(25)22-12-5-3-4-11(10-12)8-9-14(24)16-23-13-6-1-2-7-15(13)26-16/h1-10H,(H,22,25)/b9-8+. The van der Waals surface area contributed by atoms with Gasteiger partial charge < -0.3 is 5.32 Å². The highest BCUT2D eigenvalue weighted by Crippen LogP contribution is 2.23. The topological polar surface area (TPSA) is 59.1 Å². The smallest absolute Gasteiger partial charge is 0.318 e. The molecule has 0 unspecified atom stereocenters. The van der Waals surface area contributed by atoms with Crippen LogP contribution in [0.2, 0.25) is 0 Å². The molecule has 132 valence electrons. The first-order chi connectivity index (χ1) is 12.3. The Bertz CT molecular complexity index is 976. The maximum atomic E-state index is 12.3. The van der Waals surface area contributed by atoms with Crippen LogP contribution in [0.4, 0.5) is 18.9 Å². The number of benzene rings is 2. The van der Waals surface area contributed by atoms with Crippen LogP contribution in [0.3, 0.4) is 0 Å². The molecule has 0 bridgehead atoms. The molecule has 4 nitrogen and oxygen atoms in total. The van der Waals surface area contributed by atoms with E-state index in [1.54, 1.807) is 17.4 Å². The number of rotatable bonds is 4. The second-order valence-corrected chi connectivity index (χ2v) is 6.29. The highest BCUT2D eigenvalue weighted by atomic mass is 32.1. The zero-order valence-corrected chi connectivity index (χ0v) is 13.9. The Morgan fingerprint density at radius 1 is 1.08 bits per heavy atom. The van der Waals surface area contributed by atoms with Crippen LogP contribution in [0.5, 0.6) is 0 Å². The third-order valence-electron chi connectivity index (χ3n) is 3.33. The third kappa shape index (κ3) is 4.15. The van der Waals surface area contributed by atoms with Crippen molar-refractivity contribution in [3.8, 4) is 0 Å². The molecule has 0 aliphatic carbocycles. The number of hydrogen-bond donors (Lipinski definition) is 1. The van der Waals surface area contributed by atoms with Gasteiger partial charge in [0.05, 0.1) is 10.2 Å². The Kier molecular flexibility index (Phi) is 4.85. The fraction of sp³-hybridized carbons (Fsp3) is 0.0556. The molecule has 3 rings (SSSR count). The first-order valence-corrected chi connectivity index (χ1v) is 8.21. The number of para-hydroxylation sites is 1. The minimum absolute atomic E-state index is 0.0121. The normalized spacial score (nSPS) is 11.8. The SMILES string of the molecule is O=C(/C=C/c1cccc(NC(=O)C(F)(F)F)c1)c1nc2ccccc2s1. The van der Waals surface area contributed by atoms with Gasteiger partial charge in [0.1, 0.15) is 0 Å². The lowest BCUT2D eigenvalue weighted by Crippen LogP contribution is -2.29. The number of ketones is 1. The molecule has 0 aliphatic heterocycles. The highest BCUT2D eigenvalue weighted by molar-refractivity contribution is 7.20. The molecule has 1 N–H and O–H groups in total. The van der Waals surface area contributed by atoms with E-state index in [9.17, 15) is 22.8 Å². The Labute approximate surface area is 150 Å². The van der Waals surface area contributed by atoms with E-state index in [0.29, 0.717) is 10.6 Å². The lowest BCUT2D eigenvalue weighted by molar-refractivity contribution is -0.167. The maximum Gasteiger partial charge on any atom is 0.471 e. The Morgan fingerprint density at radius 2 is 1.85 bits per heavy atom. The minimum atomic E-state index is -4.96. The van der Waals surface area contributed by atoms with Crippen LogP contribution in [0.1, 0.15) is 15.4 Å². The third-order valence-corrected chi connectivity index (χ3v) is 4.38. The number of anilines is 1. The molecule has 3 aromatic rings. The minimum Gasteiger partial charge on any atom is -0.318 e. The average molecular weight is 376 g/mol. The van der Waals surface area contributed by atoms with Gasteiger partial charge in [-0.15, -0.1) is 11.3 Å². The summed E-state index contributed by atoms with van der Waals surface area (Å²) in [5.41, 5.74) is 1.19. The number of nitrogens with one attached hydrogen (secondary N) is 1. The number of halogens is 3. The van der Waals surface area contributed by atoms with Crippen molar-refractivity contribution in [3.05, 3.63) is 65.2 Å². The molecule has 0 radical (unpaired) electrons. The second-order valence-electron chi connectivity index (χ2n) is 5.26. The van der Waals surface area contributed by atoms with Crippen LogP contribution in [0, 0.1) is 0 Å². The molecule has 0 atom stereocenters. The van der Waals surface area contributed by atoms with E-state index in [1.165, 1.54) is 41.7 Å². The Hall–Kier alpha value is -3.00. The van der Waals surface area contributed by atoms with Crippen molar-refractivity contribution in [1.82, 2.24) is 4.98 Å². The summed E-state index contributed by atoms with van der Waals surface area (Å²) >= 11 is 1.26. The van der Waals surface area contributed by atoms with Gasteiger partial charge in [-0.2, -0.15) is 13.2 Å². The van der Waals surface area contributed by atoms with Crippen LogP contribution < -0.4 is 5.32 Å². The number of thiazole rings is 1. The van der Waals surface area contributed by atoms with Gasteiger partial charge in [-0.25, -0.2) is 4.98 Å². The lowest BCUT2D eigenvalue weighted by Gasteiger charge is -2.08. The van der Waals surface area contributed by atoms with Gasteiger partial charge in [0.15, 0.2) is 5.01 Å². The van der Waals surface area contributed by atoms with E-state index in [4.69, 9.17) is 0 Å². The first kappa shape index (κ1) is 17.8. The van der Waals surface area contributed by atoms with Gasteiger partial charge in [0.25, 0.3) is 0 Å². The van der Waals surface area contributed by atoms with Crippen molar-refractivity contribution >= 4 is 45.0 Å². The van der Waals surface area contributed by atoms with Gasteiger partial charge in [-0.1, -0.05) is 30.3 Å². The molecule has 0 aliphatic rings. The molecule has 26 heavy (non-hydrogen) atoms. The number of hydrogen-bond acceptors (Lipinski definition) is 4. The molecular weight excluding hydrogens is 365 g/mol. The van der Waals surface area contributed by atoms with Crippen LogP contribution in [0.25, 0.3) is 16.3 Å². The predicted octanol–water partition coefficient (Wildman–Crippen LogP) is 4.69. The van der Waals surface area contributed by atoms with E-state index >= 15 is 0 Å². The summed E-state index contributed by atoms with van der Waals surface area (Å²) in [4.78, 5) is 27.4. The Balaban J connectivity index is 1.74. The number of alkyl halides is 3. The summed E-state index contributed by atoms with van der Waals surface area (Å²) in [6, 6.07) is 13.1. The predicted molar refractivity (Wildman–Crippen MR) is 94.1 cm³/mol. The maximum absolute atomic E-state index is 12.3. The van der Waals surface area contributed by atoms with E-state index in [1.807, 2.05) is 18.2 Å². The zero-order valence-electron chi connectivity index (χ0n) is 13.1. The van der Waals surface area contributed by atoms with Gasteiger partial charge in [0, 0.05) is 5.69 Å². The summed E-state index contributed by atoms with van der Waals surface area (Å²) < 4.78 is 37.8. The van der Waals surface area contributed by atoms with Crippen LogP contribution in [-0.2, 0) is 4.79 Å². The fourth-order valence-electron chi connectivity index (χ4n) is 2.14. The van der Waals surface area contributed by atoms with Crippen LogP contribution in [0.15, 0.2) is 54.6 Å². The van der Waals surface area contributed by atoms with Crippen molar-refractivity contribution in [2.75, 3.05) is 5.32 Å². The Morgan fingerprint density at radius 3 is 2.58 bits per heavy atom. The van der Waals surface area contributed by atoms with Crippen LogP contribution in [-0.4, -0.2) is 22.9 Å². The number of nitrogens with zero attached hydrogens (tertiary/aromatic N) is 1. The summed E-state index contributed by atoms with van der Waals surface area (Å²) in [5.74, 6) is -2.36. The molecule has 1 heterocycles. The number of carbonyl (C=O) groups is 2. The highest BCUT2D eigenvalue weighted by Gasteiger charge is 2.38. The van der Waals surface area contributed by atoms with E-state index < -0.39 is 12.1 Å². The fourth-order valence-corrected chi connectivity index (χ4v) is 3.03. The van der Waals surface area contributed by atoms with Crippen molar-refractivity contribution < 1.29 is 22.8 Å². The number of aromatic nitrogens is 1. The molecule has 1 aromatic heterocycles. The van der Waals surface area contributed by atoms with Crippen molar-refractivity contribution in [1.29, 1.82) is 0 Å². The average Bonchev–Trinajstić information content (AvgIpc) is 3.03. The molecule has 2 aromatic carbocycles. The zero-order chi connectivity index (χ0) is 18.7. The summed E-state index contributed by atoms with van der Waals surface area (Å²) in [6.07, 6.45) is -2.21. The summed E-state index contributed by atoms with van der Waals surface area (Å²) in [7, 11) is 0. The molecular formula is C18H11F3N2O2S. The monoisotopic (exact) mass is 376 g/mol. The number of amides is 1. The quantitative estimate of drug-likeness (QED) is 0.531. The van der Waals surface area contributed by atoms with Crippen molar-refractivity contribution in [2.24, 2.45) is 0 Å². The van der Waals surface area contributed by atoms with Gasteiger partial charge in [-0.3, -0.25) is 9.59 Å². The second kappa shape index (κ2) is 7.09. The van der Waals surface area contributed by atoms with Crippen molar-refractivity contribution in [2.45, 2.75) is 6.18 Å². The molecule has 1 amide bonds. The molecule has 0 saturated carbocycles. The van der Waals surface area contributed by atoms with Crippen molar-refractivity contribution in [3.63, 3.8) is 0 Å². The molecule has 0 spiro atoms. The molecule has 0 fully saturated rings. The van der Waals surface area contributed by atoms with Gasteiger partial charge >= 0.3 is 12.1 Å². The van der Waals surface area contributed by atoms with E-state index in [2.05, 4.69) is 4.98 Å². The number of allylic oxidation sites excluding steroid dienone is 1. The number of fused-ring (bicyclic) bond motifs is 1. The van der Waals surface area contributed by atoms with Crippen LogP contribution >= 0.6 is 11.3 Å².